The van der Waals surface area contributed by atoms with Crippen molar-refractivity contribution in [3.05, 3.63) is 12.2 Å². The van der Waals surface area contributed by atoms with E-state index in [1.807, 2.05) is 6.92 Å². The Morgan fingerprint density at radius 1 is 1.09 bits per heavy atom. The zero-order valence-electron chi connectivity index (χ0n) is 22.2. The lowest BCUT2D eigenvalue weighted by molar-refractivity contribution is -0.164. The van der Waals surface area contributed by atoms with Crippen LogP contribution in [0.3, 0.4) is 0 Å². The third kappa shape index (κ3) is 3.04. The van der Waals surface area contributed by atoms with Gasteiger partial charge in [0.1, 0.15) is 5.60 Å². The van der Waals surface area contributed by atoms with Gasteiger partial charge in [0.2, 0.25) is 0 Å². The van der Waals surface area contributed by atoms with Crippen LogP contribution in [0.2, 0.25) is 39.3 Å². The number of esters is 2. The molecule has 0 radical (unpaired) electrons. The number of methoxy groups -OCH3 is 1. The first-order chi connectivity index (χ1) is 15.5. The molecule has 0 aromatic heterocycles. The van der Waals surface area contributed by atoms with Crippen LogP contribution in [0.4, 0.5) is 0 Å². The molecule has 1 aliphatic heterocycles. The predicted molar refractivity (Wildman–Crippen MR) is 134 cm³/mol. The molecule has 8 atom stereocenters. The SMILES string of the molecule is C=C1C[C@]23C[C@@]1(O[Si](C)(C)C)CCC2[C@@]12CC[C@@H](O[Si](C)(C)C)C(C)(C(=O)O1)C2[C@@H]3C(=O)OC. The Morgan fingerprint density at radius 2 is 1.76 bits per heavy atom. The van der Waals surface area contributed by atoms with Crippen molar-refractivity contribution in [2.75, 3.05) is 7.11 Å². The van der Waals surface area contributed by atoms with Crippen LogP contribution >= 0.6 is 0 Å². The molecule has 4 bridgehead atoms. The molecule has 34 heavy (non-hydrogen) atoms. The maximum absolute atomic E-state index is 13.7. The summed E-state index contributed by atoms with van der Waals surface area (Å²) < 4.78 is 25.5. The maximum atomic E-state index is 13.7. The summed E-state index contributed by atoms with van der Waals surface area (Å²) in [6.07, 6.45) is 4.60. The van der Waals surface area contributed by atoms with E-state index >= 15 is 0 Å². The summed E-state index contributed by atoms with van der Waals surface area (Å²) in [6, 6.07) is 0. The zero-order valence-corrected chi connectivity index (χ0v) is 24.2. The number of carbonyl (C=O) groups excluding carboxylic acids is 2. The Balaban J connectivity index is 1.65. The number of hydrogen-bond acceptors (Lipinski definition) is 6. The topological polar surface area (TPSA) is 71.1 Å². The van der Waals surface area contributed by atoms with Gasteiger partial charge in [-0.3, -0.25) is 9.59 Å². The number of carbonyl (C=O) groups is 2. The highest BCUT2D eigenvalue weighted by Gasteiger charge is 2.84. The summed E-state index contributed by atoms with van der Waals surface area (Å²) in [5, 5.41) is 0. The van der Waals surface area contributed by atoms with Crippen molar-refractivity contribution in [3.63, 3.8) is 0 Å². The second-order valence-corrected chi connectivity index (χ2v) is 22.7. The van der Waals surface area contributed by atoms with Crippen LogP contribution in [0, 0.1) is 28.6 Å². The molecule has 8 heteroatoms. The van der Waals surface area contributed by atoms with Crippen molar-refractivity contribution in [1.29, 1.82) is 0 Å². The summed E-state index contributed by atoms with van der Waals surface area (Å²) in [6.45, 7) is 19.7. The van der Waals surface area contributed by atoms with Crippen molar-refractivity contribution in [2.24, 2.45) is 28.6 Å². The summed E-state index contributed by atoms with van der Waals surface area (Å²) >= 11 is 0. The average Bonchev–Trinajstić information content (AvgIpc) is 3.12. The van der Waals surface area contributed by atoms with Crippen LogP contribution in [0.25, 0.3) is 0 Å². The van der Waals surface area contributed by atoms with E-state index in [4.69, 9.17) is 18.3 Å². The second-order valence-electron chi connectivity index (χ2n) is 13.9. The smallest absolute Gasteiger partial charge is 0.315 e. The van der Waals surface area contributed by atoms with Gasteiger partial charge in [0.15, 0.2) is 16.6 Å². The fourth-order valence-electron chi connectivity index (χ4n) is 9.07. The Bertz CT molecular complexity index is 952. The van der Waals surface area contributed by atoms with Gasteiger partial charge in [0.05, 0.1) is 30.1 Å². The molecule has 5 rings (SSSR count). The minimum absolute atomic E-state index is 0.116. The van der Waals surface area contributed by atoms with Gasteiger partial charge in [-0.2, -0.15) is 0 Å². The quantitative estimate of drug-likeness (QED) is 0.295. The third-order valence-corrected chi connectivity index (χ3v) is 11.7. The minimum atomic E-state index is -1.92. The standard InChI is InChI=1S/C26H42O6Si2/c1-16-14-24-15-25(16,32-34(7,8)9)12-10-17(24)26-13-11-18(31-33(4,5)6)23(2,22(28)30-26)20(26)19(24)21(27)29-3/h17-20H,1,10-15H2,2-9H3/t17?,18-,19-,20?,23?,24+,25+,26-/m1/s1. The highest BCUT2D eigenvalue weighted by atomic mass is 28.4. The van der Waals surface area contributed by atoms with Gasteiger partial charge >= 0.3 is 11.9 Å². The number of ether oxygens (including phenoxy) is 2. The molecule has 5 fully saturated rings. The Kier molecular flexibility index (Phi) is 5.14. The molecule has 0 aromatic rings. The Morgan fingerprint density at radius 3 is 2.35 bits per heavy atom. The molecule has 1 spiro atoms. The van der Waals surface area contributed by atoms with Crippen molar-refractivity contribution in [2.45, 2.75) is 102 Å². The lowest BCUT2D eigenvalue weighted by atomic mass is 9.59. The van der Waals surface area contributed by atoms with E-state index in [0.29, 0.717) is 0 Å². The summed E-state index contributed by atoms with van der Waals surface area (Å²) in [7, 11) is -2.31. The summed E-state index contributed by atoms with van der Waals surface area (Å²) in [5.41, 5.74) is -1.09. The fraction of sp³-hybridized carbons (Fsp3) is 0.846. The van der Waals surface area contributed by atoms with Crippen molar-refractivity contribution < 1.29 is 27.9 Å². The fourth-order valence-corrected chi connectivity index (χ4v) is 11.8. The zero-order chi connectivity index (χ0) is 25.1. The van der Waals surface area contributed by atoms with Gasteiger partial charge in [-0.25, -0.2) is 0 Å². The lowest BCUT2D eigenvalue weighted by Crippen LogP contribution is -2.56. The molecule has 4 aliphatic carbocycles. The van der Waals surface area contributed by atoms with Crippen LogP contribution in [0.15, 0.2) is 12.2 Å². The highest BCUT2D eigenvalue weighted by molar-refractivity contribution is 6.70. The van der Waals surface area contributed by atoms with Gasteiger partial charge in [0, 0.05) is 11.8 Å². The predicted octanol–water partition coefficient (Wildman–Crippen LogP) is 5.06. The van der Waals surface area contributed by atoms with E-state index < -0.39 is 33.6 Å². The number of rotatable bonds is 5. The van der Waals surface area contributed by atoms with Crippen LogP contribution in [0.5, 0.6) is 0 Å². The molecule has 5 aliphatic rings. The van der Waals surface area contributed by atoms with Crippen molar-refractivity contribution >= 4 is 28.6 Å². The van der Waals surface area contributed by atoms with Gasteiger partial charge in [-0.05, 0) is 95.7 Å². The van der Waals surface area contributed by atoms with Gasteiger partial charge in [-0.1, -0.05) is 6.58 Å². The molecular weight excluding hydrogens is 464 g/mol. The first-order valence-corrected chi connectivity index (χ1v) is 19.7. The maximum Gasteiger partial charge on any atom is 0.315 e. The normalized spacial score (nSPS) is 47.3. The molecule has 190 valence electrons. The van der Waals surface area contributed by atoms with Crippen LogP contribution in [-0.4, -0.2) is 53.0 Å². The number of fused-ring (bicyclic) bond motifs is 1. The van der Waals surface area contributed by atoms with E-state index in [9.17, 15) is 9.59 Å². The lowest BCUT2D eigenvalue weighted by Gasteiger charge is -2.48. The molecule has 1 heterocycles. The van der Waals surface area contributed by atoms with Crippen LogP contribution in [0.1, 0.15) is 45.4 Å². The van der Waals surface area contributed by atoms with Gasteiger partial charge in [-0.15, -0.1) is 0 Å². The molecule has 0 aromatic carbocycles. The van der Waals surface area contributed by atoms with Crippen LogP contribution < -0.4 is 0 Å². The first-order valence-electron chi connectivity index (χ1n) is 12.9. The number of hydrogen-bond donors (Lipinski definition) is 0. The average molecular weight is 507 g/mol. The van der Waals surface area contributed by atoms with E-state index in [1.165, 1.54) is 7.11 Å². The molecule has 0 amide bonds. The van der Waals surface area contributed by atoms with Crippen molar-refractivity contribution in [1.82, 2.24) is 0 Å². The van der Waals surface area contributed by atoms with Crippen LogP contribution in [-0.2, 0) is 27.9 Å². The van der Waals surface area contributed by atoms with E-state index in [-0.39, 0.29) is 40.9 Å². The molecule has 1 saturated heterocycles. The van der Waals surface area contributed by atoms with E-state index in [0.717, 1.165) is 44.1 Å². The monoisotopic (exact) mass is 506 g/mol. The van der Waals surface area contributed by atoms with E-state index in [1.54, 1.807) is 0 Å². The third-order valence-electron chi connectivity index (χ3n) is 9.69. The van der Waals surface area contributed by atoms with E-state index in [2.05, 4.69) is 45.9 Å². The molecule has 3 unspecified atom stereocenters. The molecule has 6 nitrogen and oxygen atoms in total. The molecule has 4 saturated carbocycles. The first kappa shape index (κ1) is 24.7. The van der Waals surface area contributed by atoms with Gasteiger partial charge in [0.25, 0.3) is 0 Å². The Labute approximate surface area is 206 Å². The summed E-state index contributed by atoms with van der Waals surface area (Å²) in [4.78, 5) is 27.3. The Hall–Kier alpha value is -0.966. The van der Waals surface area contributed by atoms with Crippen molar-refractivity contribution in [3.8, 4) is 0 Å². The minimum Gasteiger partial charge on any atom is -0.469 e. The molecular formula is C26H42O6Si2. The van der Waals surface area contributed by atoms with Gasteiger partial charge < -0.3 is 18.3 Å². The molecule has 0 N–H and O–H groups in total. The second kappa shape index (κ2) is 7.08. The largest absolute Gasteiger partial charge is 0.469 e. The highest BCUT2D eigenvalue weighted by Crippen LogP contribution is 2.79. The summed E-state index contributed by atoms with van der Waals surface area (Å²) in [5.74, 6) is -0.947.